The first-order valence-corrected chi connectivity index (χ1v) is 3.83. The van der Waals surface area contributed by atoms with Crippen molar-refractivity contribution in [3.05, 3.63) is 62.9 Å². The number of ether oxygens (including phenoxy) is 1. The number of hydrogen-bond acceptors (Lipinski definition) is 1. The molecule has 0 atom stereocenters. The van der Waals surface area contributed by atoms with E-state index in [-0.39, 0.29) is 17.4 Å². The zero-order valence-electron chi connectivity index (χ0n) is 8.92. The third-order valence-electron chi connectivity index (χ3n) is 1.11. The number of para-hydroxylation sites is 1. The molecule has 0 radical (unpaired) electrons. The molecule has 0 aliphatic rings. The molecule has 4 nitrogen and oxygen atoms in total. The zero-order chi connectivity index (χ0) is 13.2. The van der Waals surface area contributed by atoms with E-state index in [0.717, 1.165) is 5.75 Å². The molecule has 0 aromatic heterocycles. The van der Waals surface area contributed by atoms with Gasteiger partial charge in [0.2, 0.25) is 0 Å². The van der Waals surface area contributed by atoms with Crippen LogP contribution < -0.4 is 4.74 Å². The fraction of sp³-hybridized carbons (Fsp3) is 0.0833. The first-order chi connectivity index (χ1) is 7.93. The van der Waals surface area contributed by atoms with Gasteiger partial charge in [0.15, 0.2) is 0 Å². The summed E-state index contributed by atoms with van der Waals surface area (Å²) in [4.78, 5) is 0. The molecule has 0 heterocycles. The molecule has 1 aromatic rings. The first-order valence-electron chi connectivity index (χ1n) is 3.83. The van der Waals surface area contributed by atoms with Gasteiger partial charge in [0.1, 0.15) is 12.4 Å². The molecular weight excluding hydrogens is 260 g/mol. The van der Waals surface area contributed by atoms with Crippen molar-refractivity contribution in [2.45, 2.75) is 0 Å². The minimum Gasteiger partial charge on any atom is 0 e. The Kier molecular flexibility index (Phi) is 42.5. The van der Waals surface area contributed by atoms with Gasteiger partial charge in [0, 0.05) is 17.4 Å². The number of hydrogen-bond donors (Lipinski definition) is 0. The van der Waals surface area contributed by atoms with Gasteiger partial charge < -0.3 is 4.74 Å². The summed E-state index contributed by atoms with van der Waals surface area (Å²) in [6.45, 7) is 17.6. The van der Waals surface area contributed by atoms with Crippen LogP contribution >= 0.6 is 0 Å². The van der Waals surface area contributed by atoms with E-state index in [4.69, 9.17) is 18.7 Å². The topological polar surface area (TPSA) is 68.9 Å². The summed E-state index contributed by atoms with van der Waals surface area (Å²) in [5.41, 5.74) is 0. The summed E-state index contributed by atoms with van der Waals surface area (Å²) in [6, 6.07) is 9.69. The molecule has 0 unspecified atom stereocenters. The molecule has 0 bridgehead atoms. The van der Waals surface area contributed by atoms with Gasteiger partial charge >= 0.3 is 33.9 Å². The van der Waals surface area contributed by atoms with Gasteiger partial charge in [0.25, 0.3) is 0 Å². The average Bonchev–Trinajstić information content (AvgIpc) is 2.44. The van der Waals surface area contributed by atoms with E-state index in [0.29, 0.717) is 6.61 Å². The van der Waals surface area contributed by atoms with Crippen LogP contribution in [0.5, 0.6) is 5.75 Å². The predicted octanol–water partition coefficient (Wildman–Crippen LogP) is 2.14. The second-order valence-electron chi connectivity index (χ2n) is 1.91. The minimum absolute atomic E-state index is 0. The van der Waals surface area contributed by atoms with Crippen molar-refractivity contribution < 1.29 is 36.1 Å². The maximum atomic E-state index is 7.50. The summed E-state index contributed by atoms with van der Waals surface area (Å²) in [5, 5.41) is 0. The Labute approximate surface area is 112 Å². The minimum atomic E-state index is 0. The molecular formula is C12H10CrO4. The molecule has 0 aliphatic carbocycles. The maximum absolute atomic E-state index is 7.50. The SMILES string of the molecule is C=CCOc1ccccc1.[C-]#[O+].[C-]#[O+].[C-]#[O+].[Cr]. The summed E-state index contributed by atoms with van der Waals surface area (Å²) < 4.78 is 27.7. The zero-order valence-corrected chi connectivity index (χ0v) is 10.2. The van der Waals surface area contributed by atoms with Crippen LogP contribution in [0.2, 0.25) is 0 Å². The third-order valence-corrected chi connectivity index (χ3v) is 1.11. The smallest absolute Gasteiger partial charge is 0 e. The van der Waals surface area contributed by atoms with Crippen molar-refractivity contribution >= 4 is 0 Å². The van der Waals surface area contributed by atoms with Crippen LogP contribution in [0.15, 0.2) is 43.0 Å². The summed E-state index contributed by atoms with van der Waals surface area (Å²) in [7, 11) is 0. The molecule has 5 heteroatoms. The Hall–Kier alpha value is -1.49. The Bertz CT molecular complexity index is 289. The normalized spacial score (nSPS) is 5.53. The maximum Gasteiger partial charge on any atom is 0 e. The quantitative estimate of drug-likeness (QED) is 0.471. The van der Waals surface area contributed by atoms with Crippen LogP contribution in [-0.2, 0) is 31.3 Å². The molecule has 1 aromatic carbocycles. The van der Waals surface area contributed by atoms with Gasteiger partial charge in [-0.2, -0.15) is 0 Å². The van der Waals surface area contributed by atoms with Gasteiger partial charge in [-0.05, 0) is 12.1 Å². The second-order valence-corrected chi connectivity index (χ2v) is 1.91. The Morgan fingerprint density at radius 3 is 1.76 bits per heavy atom. The Morgan fingerprint density at radius 1 is 1.00 bits per heavy atom. The molecule has 17 heavy (non-hydrogen) atoms. The van der Waals surface area contributed by atoms with Gasteiger partial charge in [-0.3, -0.25) is 0 Å². The van der Waals surface area contributed by atoms with Gasteiger partial charge in [-0.15, -0.1) is 0 Å². The van der Waals surface area contributed by atoms with Crippen LogP contribution in [0.1, 0.15) is 0 Å². The summed E-state index contributed by atoms with van der Waals surface area (Å²) in [5.74, 6) is 0.891. The van der Waals surface area contributed by atoms with E-state index in [2.05, 4.69) is 26.5 Å². The molecule has 1 rings (SSSR count). The van der Waals surface area contributed by atoms with E-state index in [1.54, 1.807) is 6.08 Å². The first kappa shape index (κ1) is 24.7. The standard InChI is InChI=1S/C9H10O.3CO.Cr/c1-2-8-10-9-6-4-3-5-7-9;3*1-2;/h2-7H,1,8H2;;;;. The van der Waals surface area contributed by atoms with Gasteiger partial charge in [-0.1, -0.05) is 30.9 Å². The Morgan fingerprint density at radius 2 is 1.41 bits per heavy atom. The molecule has 0 amide bonds. The molecule has 88 valence electrons. The van der Waals surface area contributed by atoms with Crippen LogP contribution in [0, 0.1) is 20.0 Å². The molecule has 0 fully saturated rings. The number of rotatable bonds is 3. The van der Waals surface area contributed by atoms with Crippen molar-refractivity contribution in [2.24, 2.45) is 0 Å². The van der Waals surface area contributed by atoms with Gasteiger partial charge in [-0.25, -0.2) is 0 Å². The predicted molar refractivity (Wildman–Crippen MR) is 53.9 cm³/mol. The second kappa shape index (κ2) is 29.3. The largest absolute Gasteiger partial charge is 0 e. The van der Waals surface area contributed by atoms with Crippen molar-refractivity contribution in [1.29, 1.82) is 0 Å². The molecule has 0 saturated heterocycles. The van der Waals surface area contributed by atoms with E-state index in [9.17, 15) is 0 Å². The van der Waals surface area contributed by atoms with E-state index in [1.165, 1.54) is 0 Å². The van der Waals surface area contributed by atoms with E-state index >= 15 is 0 Å². The molecule has 0 aliphatic heterocycles. The van der Waals surface area contributed by atoms with Crippen LogP contribution in [0.25, 0.3) is 0 Å². The third kappa shape index (κ3) is 20.6. The van der Waals surface area contributed by atoms with Crippen molar-refractivity contribution in [2.75, 3.05) is 6.61 Å². The molecule has 0 N–H and O–H groups in total. The monoisotopic (exact) mass is 270 g/mol. The average molecular weight is 270 g/mol. The summed E-state index contributed by atoms with van der Waals surface area (Å²) in [6.07, 6.45) is 1.73. The van der Waals surface area contributed by atoms with Crippen LogP contribution in [-0.4, -0.2) is 6.61 Å². The summed E-state index contributed by atoms with van der Waals surface area (Å²) >= 11 is 0. The van der Waals surface area contributed by atoms with Crippen LogP contribution in [0.4, 0.5) is 0 Å². The number of benzene rings is 1. The Balaban J connectivity index is -0.000000106. The fourth-order valence-electron chi connectivity index (χ4n) is 0.672. The fourth-order valence-corrected chi connectivity index (χ4v) is 0.672. The van der Waals surface area contributed by atoms with Crippen molar-refractivity contribution in [3.8, 4) is 5.75 Å². The molecule has 0 saturated carbocycles. The van der Waals surface area contributed by atoms with E-state index < -0.39 is 0 Å². The van der Waals surface area contributed by atoms with E-state index in [1.807, 2.05) is 30.3 Å². The van der Waals surface area contributed by atoms with Gasteiger partial charge in [0.05, 0.1) is 0 Å². The molecule has 0 spiro atoms. The van der Waals surface area contributed by atoms with Crippen molar-refractivity contribution in [1.82, 2.24) is 0 Å². The van der Waals surface area contributed by atoms with Crippen LogP contribution in [0.3, 0.4) is 0 Å². The van der Waals surface area contributed by atoms with Crippen molar-refractivity contribution in [3.63, 3.8) is 0 Å².